The maximum Gasteiger partial charge on any atom is 0.259 e. The lowest BCUT2D eigenvalue weighted by molar-refractivity contribution is -0.135. The van der Waals surface area contributed by atoms with Gasteiger partial charge in [0.05, 0.1) is 0 Å². The van der Waals surface area contributed by atoms with E-state index in [2.05, 4.69) is 5.16 Å². The molecule has 1 fully saturated rings. The summed E-state index contributed by atoms with van der Waals surface area (Å²) in [5.74, 6) is 0.546. The molecule has 2 amide bonds. The van der Waals surface area contributed by atoms with Crippen molar-refractivity contribution in [3.8, 4) is 11.3 Å². The van der Waals surface area contributed by atoms with E-state index in [1.807, 2.05) is 49.1 Å². The Kier molecular flexibility index (Phi) is 4.88. The molecular weight excluding hydrogens is 318 g/mol. The molecule has 3 rings (SSSR count). The lowest BCUT2D eigenvalue weighted by Crippen LogP contribution is -2.51. The van der Waals surface area contributed by atoms with Crippen LogP contribution in [0.1, 0.15) is 30.0 Å². The van der Waals surface area contributed by atoms with Crippen molar-refractivity contribution in [3.05, 3.63) is 41.7 Å². The van der Waals surface area contributed by atoms with E-state index in [0.717, 1.165) is 5.56 Å². The first-order chi connectivity index (χ1) is 12.0. The van der Waals surface area contributed by atoms with Crippen molar-refractivity contribution >= 4 is 11.8 Å². The van der Waals surface area contributed by atoms with Crippen LogP contribution in [0.3, 0.4) is 0 Å². The first kappa shape index (κ1) is 17.2. The zero-order valence-corrected chi connectivity index (χ0v) is 14.9. The lowest BCUT2D eigenvalue weighted by Gasteiger charge is -2.35. The lowest BCUT2D eigenvalue weighted by atomic mass is 10.0. The summed E-state index contributed by atoms with van der Waals surface area (Å²) < 4.78 is 5.29. The molecule has 1 aliphatic rings. The fourth-order valence-corrected chi connectivity index (χ4v) is 3.07. The minimum atomic E-state index is -0.0887. The van der Waals surface area contributed by atoms with Gasteiger partial charge in [0, 0.05) is 37.7 Å². The molecule has 1 aromatic carbocycles. The van der Waals surface area contributed by atoms with Gasteiger partial charge in [-0.15, -0.1) is 0 Å². The summed E-state index contributed by atoms with van der Waals surface area (Å²) in [4.78, 5) is 28.7. The van der Waals surface area contributed by atoms with Gasteiger partial charge in [-0.3, -0.25) is 9.59 Å². The standard InChI is InChI=1S/C19H23N3O3/c1-13(2)18(23)21-9-11-22(12-10-21)19(24)16-14(3)25-20-17(16)15-7-5-4-6-8-15/h4-8,13H,9-12H2,1-3H3. The van der Waals surface area contributed by atoms with Crippen molar-refractivity contribution in [1.82, 2.24) is 15.0 Å². The van der Waals surface area contributed by atoms with E-state index < -0.39 is 0 Å². The van der Waals surface area contributed by atoms with Gasteiger partial charge in [-0.2, -0.15) is 0 Å². The third-order valence-electron chi connectivity index (χ3n) is 4.50. The van der Waals surface area contributed by atoms with Crippen molar-refractivity contribution in [2.24, 2.45) is 5.92 Å². The van der Waals surface area contributed by atoms with Crippen molar-refractivity contribution in [2.45, 2.75) is 20.8 Å². The maximum absolute atomic E-state index is 13.0. The van der Waals surface area contributed by atoms with Crippen LogP contribution in [0, 0.1) is 12.8 Å². The van der Waals surface area contributed by atoms with E-state index >= 15 is 0 Å². The minimum Gasteiger partial charge on any atom is -0.360 e. The summed E-state index contributed by atoms with van der Waals surface area (Å²) in [6.07, 6.45) is 0. The predicted octanol–water partition coefficient (Wildman–Crippen LogP) is 2.59. The van der Waals surface area contributed by atoms with E-state index in [9.17, 15) is 9.59 Å². The van der Waals surface area contributed by atoms with E-state index in [0.29, 0.717) is 43.2 Å². The number of benzene rings is 1. The first-order valence-corrected chi connectivity index (χ1v) is 8.58. The third kappa shape index (κ3) is 3.43. The molecule has 0 spiro atoms. The molecule has 0 saturated carbocycles. The van der Waals surface area contributed by atoms with E-state index in [1.54, 1.807) is 11.8 Å². The Balaban J connectivity index is 1.77. The van der Waals surface area contributed by atoms with Gasteiger partial charge in [0.2, 0.25) is 5.91 Å². The first-order valence-electron chi connectivity index (χ1n) is 8.58. The summed E-state index contributed by atoms with van der Waals surface area (Å²) >= 11 is 0. The molecule has 0 radical (unpaired) electrons. The number of carbonyl (C=O) groups is 2. The molecule has 1 aliphatic heterocycles. The zero-order valence-electron chi connectivity index (χ0n) is 14.9. The van der Waals surface area contributed by atoms with Gasteiger partial charge in [-0.05, 0) is 6.92 Å². The van der Waals surface area contributed by atoms with Gasteiger partial charge >= 0.3 is 0 Å². The highest BCUT2D eigenvalue weighted by atomic mass is 16.5. The SMILES string of the molecule is Cc1onc(-c2ccccc2)c1C(=O)N1CCN(C(=O)C(C)C)CC1. The van der Waals surface area contributed by atoms with Crippen LogP contribution in [0.25, 0.3) is 11.3 Å². The van der Waals surface area contributed by atoms with Crippen LogP contribution in [0.4, 0.5) is 0 Å². The average molecular weight is 341 g/mol. The van der Waals surface area contributed by atoms with Gasteiger partial charge in [-0.25, -0.2) is 0 Å². The second-order valence-electron chi connectivity index (χ2n) is 6.60. The predicted molar refractivity (Wildman–Crippen MR) is 94.0 cm³/mol. The molecule has 6 nitrogen and oxygen atoms in total. The Morgan fingerprint density at radius 1 is 1.04 bits per heavy atom. The van der Waals surface area contributed by atoms with Crippen LogP contribution in [0.15, 0.2) is 34.9 Å². The second-order valence-corrected chi connectivity index (χ2v) is 6.60. The number of aromatic nitrogens is 1. The molecule has 1 aromatic heterocycles. The fourth-order valence-electron chi connectivity index (χ4n) is 3.07. The number of hydrogen-bond donors (Lipinski definition) is 0. The van der Waals surface area contributed by atoms with E-state index in [4.69, 9.17) is 4.52 Å². The number of amides is 2. The van der Waals surface area contributed by atoms with Gasteiger partial charge in [0.25, 0.3) is 5.91 Å². The van der Waals surface area contributed by atoms with Crippen LogP contribution in [0.2, 0.25) is 0 Å². The molecular formula is C19H23N3O3. The highest BCUT2D eigenvalue weighted by molar-refractivity contribution is 6.00. The topological polar surface area (TPSA) is 66.7 Å². The second kappa shape index (κ2) is 7.09. The molecule has 6 heteroatoms. The molecule has 1 saturated heterocycles. The Morgan fingerprint density at radius 3 is 2.24 bits per heavy atom. The number of carbonyl (C=O) groups excluding carboxylic acids is 2. The van der Waals surface area contributed by atoms with E-state index in [-0.39, 0.29) is 17.7 Å². The average Bonchev–Trinajstić information content (AvgIpc) is 3.02. The van der Waals surface area contributed by atoms with Crippen molar-refractivity contribution in [1.29, 1.82) is 0 Å². The molecule has 2 heterocycles. The minimum absolute atomic E-state index is 0.0211. The monoisotopic (exact) mass is 341 g/mol. The summed E-state index contributed by atoms with van der Waals surface area (Å²) in [5.41, 5.74) is 1.94. The Labute approximate surface area is 147 Å². The van der Waals surface area contributed by atoms with Crippen molar-refractivity contribution in [2.75, 3.05) is 26.2 Å². The molecule has 0 atom stereocenters. The van der Waals surface area contributed by atoms with Gasteiger partial charge < -0.3 is 14.3 Å². The Morgan fingerprint density at radius 2 is 1.64 bits per heavy atom. The summed E-state index contributed by atoms with van der Waals surface area (Å²) in [7, 11) is 0. The zero-order chi connectivity index (χ0) is 18.0. The maximum atomic E-state index is 13.0. The van der Waals surface area contributed by atoms with Crippen molar-refractivity contribution in [3.63, 3.8) is 0 Å². The van der Waals surface area contributed by atoms with Crippen LogP contribution < -0.4 is 0 Å². The molecule has 2 aromatic rings. The number of nitrogens with zero attached hydrogens (tertiary/aromatic N) is 3. The molecule has 0 aliphatic carbocycles. The molecule has 132 valence electrons. The fraction of sp³-hybridized carbons (Fsp3) is 0.421. The smallest absolute Gasteiger partial charge is 0.259 e. The highest BCUT2D eigenvalue weighted by Crippen LogP contribution is 2.26. The number of piperazine rings is 1. The molecule has 25 heavy (non-hydrogen) atoms. The summed E-state index contributed by atoms with van der Waals surface area (Å²) in [6.45, 7) is 7.72. The number of rotatable bonds is 3. The number of hydrogen-bond acceptors (Lipinski definition) is 4. The quantitative estimate of drug-likeness (QED) is 0.861. The van der Waals surface area contributed by atoms with Crippen LogP contribution in [0.5, 0.6) is 0 Å². The van der Waals surface area contributed by atoms with Gasteiger partial charge in [-0.1, -0.05) is 49.3 Å². The number of aryl methyl sites for hydroxylation is 1. The van der Waals surface area contributed by atoms with Crippen LogP contribution in [-0.4, -0.2) is 52.9 Å². The van der Waals surface area contributed by atoms with Crippen LogP contribution in [-0.2, 0) is 4.79 Å². The molecule has 0 bridgehead atoms. The highest BCUT2D eigenvalue weighted by Gasteiger charge is 2.30. The van der Waals surface area contributed by atoms with E-state index in [1.165, 1.54) is 0 Å². The Hall–Kier alpha value is -2.63. The summed E-state index contributed by atoms with van der Waals surface area (Å²) in [5, 5.41) is 4.08. The molecule has 0 unspecified atom stereocenters. The normalized spacial score (nSPS) is 14.9. The van der Waals surface area contributed by atoms with Gasteiger partial charge in [0.1, 0.15) is 17.0 Å². The third-order valence-corrected chi connectivity index (χ3v) is 4.50. The Bertz CT molecular complexity index is 759. The van der Waals surface area contributed by atoms with Crippen molar-refractivity contribution < 1.29 is 14.1 Å². The van der Waals surface area contributed by atoms with Crippen LogP contribution >= 0.6 is 0 Å². The largest absolute Gasteiger partial charge is 0.360 e. The molecule has 0 N–H and O–H groups in total. The van der Waals surface area contributed by atoms with Gasteiger partial charge in [0.15, 0.2) is 0 Å². The summed E-state index contributed by atoms with van der Waals surface area (Å²) in [6, 6.07) is 9.55.